The smallest absolute Gasteiger partial charge is 0.309 e. The van der Waals surface area contributed by atoms with Crippen molar-refractivity contribution in [2.24, 2.45) is 41.4 Å². The Morgan fingerprint density at radius 3 is 2.19 bits per heavy atom. The molecule has 6 aliphatic heterocycles. The lowest BCUT2D eigenvalue weighted by atomic mass is 9.73. The molecule has 0 aliphatic carbocycles. The number of carbonyl (C=O) groups excluding carboxylic acids is 1. The van der Waals surface area contributed by atoms with Crippen LogP contribution in [0.3, 0.4) is 0 Å². The molecule has 19 atom stereocenters. The lowest BCUT2D eigenvalue weighted by Gasteiger charge is -2.55. The van der Waals surface area contributed by atoms with Crippen LogP contribution in [0.15, 0.2) is 36.4 Å². The minimum absolute atomic E-state index is 0.0198. The fourth-order valence-corrected chi connectivity index (χ4v) is 12.4. The first-order valence-electron chi connectivity index (χ1n) is 24.5. The maximum atomic E-state index is 14.8. The van der Waals surface area contributed by atoms with E-state index in [0.29, 0.717) is 49.6 Å². The van der Waals surface area contributed by atoms with E-state index in [2.05, 4.69) is 58.3 Å². The van der Waals surface area contributed by atoms with Crippen molar-refractivity contribution in [3.63, 3.8) is 0 Å². The van der Waals surface area contributed by atoms with Gasteiger partial charge in [-0.25, -0.2) is 0 Å². The van der Waals surface area contributed by atoms with E-state index in [1.165, 1.54) is 0 Å². The normalized spacial score (nSPS) is 42.1. The summed E-state index contributed by atoms with van der Waals surface area (Å²) >= 11 is 5.92. The van der Waals surface area contributed by atoms with E-state index in [0.717, 1.165) is 36.9 Å². The van der Waals surface area contributed by atoms with Gasteiger partial charge in [-0.3, -0.25) is 9.59 Å². The summed E-state index contributed by atoms with van der Waals surface area (Å²) in [6.07, 6.45) is 8.58. The molecule has 0 amide bonds. The first kappa shape index (κ1) is 49.4. The Labute approximate surface area is 387 Å². The third-order valence-corrected chi connectivity index (χ3v) is 16.8. The molecule has 5 saturated heterocycles. The van der Waals surface area contributed by atoms with Crippen molar-refractivity contribution in [1.29, 1.82) is 0 Å². The summed E-state index contributed by atoms with van der Waals surface area (Å²) in [7, 11) is 0. The van der Waals surface area contributed by atoms with E-state index < -0.39 is 71.2 Å². The number of ketones is 1. The number of carboxylic acids is 1. The van der Waals surface area contributed by atoms with Gasteiger partial charge in [-0.15, -0.1) is 0 Å². The van der Waals surface area contributed by atoms with Crippen molar-refractivity contribution >= 4 is 34.8 Å². The summed E-state index contributed by atoms with van der Waals surface area (Å²) in [6, 6.07) is 7.60. The largest absolute Gasteiger partial charge is 0.481 e. The Hall–Kier alpha value is -2.49. The minimum atomic E-state index is -1.21. The Bertz CT molecular complexity index is 1870. The minimum Gasteiger partial charge on any atom is -0.481 e. The Morgan fingerprint density at radius 1 is 0.875 bits per heavy atom. The summed E-state index contributed by atoms with van der Waals surface area (Å²) < 4.78 is 41.4. The molecule has 0 saturated carbocycles. The number of aryl methyl sites for hydroxylation is 1. The zero-order valence-electron chi connectivity index (χ0n) is 40.3. The zero-order valence-corrected chi connectivity index (χ0v) is 41.1. The van der Waals surface area contributed by atoms with Crippen LogP contribution in [-0.4, -0.2) is 98.6 Å². The topological polar surface area (TPSA) is 157 Å². The second-order valence-electron chi connectivity index (χ2n) is 21.1. The third kappa shape index (κ3) is 9.62. The molecule has 0 bridgehead atoms. The van der Waals surface area contributed by atoms with Crippen LogP contribution in [0.25, 0.3) is 0 Å². The van der Waals surface area contributed by atoms with Crippen molar-refractivity contribution in [2.75, 3.05) is 5.32 Å². The summed E-state index contributed by atoms with van der Waals surface area (Å²) in [5.41, 5.74) is 1.12. The molecular formula is C51H78N2O10S. The van der Waals surface area contributed by atoms with Gasteiger partial charge < -0.3 is 49.3 Å². The van der Waals surface area contributed by atoms with Gasteiger partial charge in [0.25, 0.3) is 0 Å². The van der Waals surface area contributed by atoms with Gasteiger partial charge in [0.15, 0.2) is 16.7 Å². The van der Waals surface area contributed by atoms with Crippen LogP contribution in [0, 0.1) is 48.3 Å². The lowest BCUT2D eigenvalue weighted by Crippen LogP contribution is -2.66. The van der Waals surface area contributed by atoms with Crippen molar-refractivity contribution in [3.05, 3.63) is 42.0 Å². The molecule has 1 aromatic carbocycles. The molecular weight excluding hydrogens is 833 g/mol. The molecule has 5 fully saturated rings. The number of anilines is 1. The number of thiocarbonyl (C=S) groups is 1. The average molecular weight is 911 g/mol. The van der Waals surface area contributed by atoms with Crippen LogP contribution in [0.2, 0.25) is 0 Å². The van der Waals surface area contributed by atoms with Crippen LogP contribution < -0.4 is 10.6 Å². The molecule has 1 aromatic rings. The molecule has 3 unspecified atom stereocenters. The van der Waals surface area contributed by atoms with Crippen molar-refractivity contribution in [2.45, 2.75) is 212 Å². The maximum Gasteiger partial charge on any atom is 0.309 e. The second-order valence-corrected chi connectivity index (χ2v) is 21.5. The molecule has 6 heterocycles. The fraction of sp³-hybridized carbons (Fsp3) is 0.784. The number of carboxylic acid groups (broad SMARTS) is 1. The van der Waals surface area contributed by atoms with Crippen LogP contribution >= 0.6 is 12.2 Å². The van der Waals surface area contributed by atoms with E-state index in [9.17, 15) is 19.8 Å². The number of hydrogen-bond acceptors (Lipinski definition) is 10. The molecule has 7 rings (SSSR count). The highest BCUT2D eigenvalue weighted by atomic mass is 32.1. The van der Waals surface area contributed by atoms with E-state index >= 15 is 0 Å². The highest BCUT2D eigenvalue weighted by Gasteiger charge is 2.66. The van der Waals surface area contributed by atoms with Gasteiger partial charge >= 0.3 is 5.97 Å². The zero-order chi connectivity index (χ0) is 46.5. The molecule has 64 heavy (non-hydrogen) atoms. The molecule has 6 aliphatic rings. The predicted octanol–water partition coefficient (Wildman–Crippen LogP) is 8.90. The number of aliphatic hydroxyl groups is 1. The van der Waals surface area contributed by atoms with Gasteiger partial charge in [0.2, 0.25) is 0 Å². The van der Waals surface area contributed by atoms with Crippen molar-refractivity contribution < 1.29 is 48.2 Å². The van der Waals surface area contributed by atoms with Crippen molar-refractivity contribution in [1.82, 2.24) is 5.32 Å². The second kappa shape index (κ2) is 19.2. The van der Waals surface area contributed by atoms with E-state index in [-0.39, 0.29) is 47.6 Å². The maximum absolute atomic E-state index is 14.8. The van der Waals surface area contributed by atoms with Gasteiger partial charge in [-0.1, -0.05) is 72.2 Å². The summed E-state index contributed by atoms with van der Waals surface area (Å²) in [5, 5.41) is 29.3. The van der Waals surface area contributed by atoms with Gasteiger partial charge in [-0.05, 0) is 128 Å². The molecule has 12 nitrogen and oxygen atoms in total. The first-order valence-corrected chi connectivity index (χ1v) is 25.0. The summed E-state index contributed by atoms with van der Waals surface area (Å²) in [4.78, 5) is 27.0. The predicted molar refractivity (Wildman–Crippen MR) is 250 cm³/mol. The van der Waals surface area contributed by atoms with Crippen LogP contribution in [0.5, 0.6) is 0 Å². The molecule has 4 N–H and O–H groups in total. The van der Waals surface area contributed by atoms with E-state index in [1.807, 2.05) is 65.0 Å². The number of ether oxygens (including phenoxy) is 6. The molecule has 0 aromatic heterocycles. The molecule has 0 radical (unpaired) electrons. The first-order chi connectivity index (χ1) is 30.2. The highest BCUT2D eigenvalue weighted by Crippen LogP contribution is 2.56. The third-order valence-electron chi connectivity index (χ3n) is 16.6. The number of benzene rings is 1. The standard InChI is InChI=1S/C51H78N2O10S/c1-12-37(46(56)57)39-19-16-29(4)26-40(59-39)32(7)43(54)33(8)44(55)38(13-2)45-30(5)27-31(6)50(61-45)23-20-41(53-47(64)52-36-17-14-28(3)15-18-36)51(63-50)25-24-48(11,62-51)42-21-22-49(34(9)58-42)35(10)60-49/h14-15,17-18,20,23,29-35,37-43,45,54H,12-13,16,19,21-22,24-27H2,1-11H3,(H,56,57)(H2,52,53,64)/t29-,30-,31+,32+,33-,34-,35?,37+,38?,39+,40-,41?,42+,43-,45-,48-,49+,50-,51-/m0/s1. The number of hydrogen-bond donors (Lipinski definition) is 4. The summed E-state index contributed by atoms with van der Waals surface area (Å²) in [5.74, 6) is -5.32. The Balaban J connectivity index is 1.12. The summed E-state index contributed by atoms with van der Waals surface area (Å²) in [6.45, 7) is 22.5. The average Bonchev–Trinajstić information content (AvgIpc) is 3.84. The SMILES string of the molecule is CCC(C(=O)[C@@H](C)[C@@H](O)[C@H](C)[C@@H]1C[C@@H](C)CC[C@H]([C@@H](CC)C(=O)O)O1)[C@H]1O[C@]2(C=CC(NC(=S)Nc3ccc(C)cc3)[C@]3(CC[C@@](C)([C@H]4CC[C@@]5(OC5C)[C@H](C)O4)O3)O2)[C@H](C)C[C@@H]1C. The Morgan fingerprint density at radius 2 is 1.56 bits per heavy atom. The van der Waals surface area contributed by atoms with Gasteiger partial charge in [-0.2, -0.15) is 0 Å². The number of epoxide rings is 1. The Kier molecular flexibility index (Phi) is 14.9. The van der Waals surface area contributed by atoms with Crippen LogP contribution in [0.1, 0.15) is 139 Å². The number of aliphatic carboxylic acids is 1. The van der Waals surface area contributed by atoms with Crippen LogP contribution in [0.4, 0.5) is 5.69 Å². The molecule has 3 spiro atoms. The quantitative estimate of drug-likeness (QED) is 0.0846. The number of Topliss-reactive ketones (excluding diaryl/α,β-unsaturated/α-hetero) is 1. The van der Waals surface area contributed by atoms with Gasteiger partial charge in [0.1, 0.15) is 17.4 Å². The number of rotatable bonds is 13. The number of aliphatic hydroxyl groups excluding tert-OH is 1. The van der Waals surface area contributed by atoms with Crippen LogP contribution in [-0.2, 0) is 38.0 Å². The van der Waals surface area contributed by atoms with Crippen molar-refractivity contribution in [3.8, 4) is 0 Å². The lowest BCUT2D eigenvalue weighted by molar-refractivity contribution is -0.397. The van der Waals surface area contributed by atoms with Gasteiger partial charge in [0.05, 0.1) is 54.2 Å². The monoisotopic (exact) mass is 911 g/mol. The van der Waals surface area contributed by atoms with E-state index in [1.54, 1.807) is 0 Å². The van der Waals surface area contributed by atoms with E-state index in [4.69, 9.17) is 40.6 Å². The fourth-order valence-electron chi connectivity index (χ4n) is 12.1. The molecule has 13 heteroatoms. The molecule has 358 valence electrons. The number of carbonyl (C=O) groups is 2. The highest BCUT2D eigenvalue weighted by molar-refractivity contribution is 7.80. The number of nitrogens with one attached hydrogen (secondary N) is 2. The van der Waals surface area contributed by atoms with Gasteiger partial charge in [0, 0.05) is 35.8 Å².